The van der Waals surface area contributed by atoms with Crippen molar-refractivity contribution in [3.05, 3.63) is 29.6 Å². The van der Waals surface area contributed by atoms with E-state index in [2.05, 4.69) is 10.3 Å². The largest absolute Gasteiger partial charge is 0.480 e. The maximum Gasteiger partial charge on any atom is 0.321 e. The highest BCUT2D eigenvalue weighted by Crippen LogP contribution is 2.03. The fraction of sp³-hybridized carbons (Fsp3) is 0.400. The Labute approximate surface area is 88.3 Å². The van der Waals surface area contributed by atoms with E-state index in [4.69, 9.17) is 10.8 Å². The molecule has 4 N–H and O–H groups in total. The predicted octanol–water partition coefficient (Wildman–Crippen LogP) is -0.108. The smallest absolute Gasteiger partial charge is 0.321 e. The minimum absolute atomic E-state index is 0.261. The maximum atomic E-state index is 10.4. The normalized spacial score (nSPS) is 12.4. The van der Waals surface area contributed by atoms with Gasteiger partial charge in [-0.2, -0.15) is 0 Å². The van der Waals surface area contributed by atoms with Crippen LogP contribution in [-0.2, 0) is 11.3 Å². The zero-order valence-corrected chi connectivity index (χ0v) is 8.60. The second kappa shape index (κ2) is 5.43. The van der Waals surface area contributed by atoms with Crippen LogP contribution in [0.15, 0.2) is 18.5 Å². The Morgan fingerprint density at radius 2 is 2.47 bits per heavy atom. The van der Waals surface area contributed by atoms with Crippen molar-refractivity contribution >= 4 is 5.97 Å². The molecule has 0 aliphatic heterocycles. The first-order valence-corrected chi connectivity index (χ1v) is 4.70. The van der Waals surface area contributed by atoms with Crippen molar-refractivity contribution in [1.82, 2.24) is 10.3 Å². The molecule has 0 amide bonds. The van der Waals surface area contributed by atoms with Gasteiger partial charge in [0.2, 0.25) is 0 Å². The summed E-state index contributed by atoms with van der Waals surface area (Å²) >= 11 is 0. The number of carboxylic acid groups (broad SMARTS) is 1. The number of carboxylic acids is 1. The van der Waals surface area contributed by atoms with Crippen LogP contribution in [0, 0.1) is 6.92 Å². The molecule has 0 fully saturated rings. The Morgan fingerprint density at radius 1 is 1.73 bits per heavy atom. The van der Waals surface area contributed by atoms with Gasteiger partial charge in [0.25, 0.3) is 0 Å². The molecular formula is C10H15N3O2. The molecule has 1 rings (SSSR count). The van der Waals surface area contributed by atoms with Gasteiger partial charge in [-0.15, -0.1) is 0 Å². The van der Waals surface area contributed by atoms with Gasteiger partial charge in [-0.3, -0.25) is 9.78 Å². The molecule has 1 aromatic rings. The molecule has 0 saturated carbocycles. The summed E-state index contributed by atoms with van der Waals surface area (Å²) < 4.78 is 0. The molecule has 0 radical (unpaired) electrons. The summed E-state index contributed by atoms with van der Waals surface area (Å²) in [5.41, 5.74) is 7.52. The Kier molecular flexibility index (Phi) is 4.20. The molecule has 0 spiro atoms. The second-order valence-electron chi connectivity index (χ2n) is 3.38. The third-order valence-electron chi connectivity index (χ3n) is 2.13. The lowest BCUT2D eigenvalue weighted by Gasteiger charge is -2.09. The molecule has 1 atom stereocenters. The van der Waals surface area contributed by atoms with Gasteiger partial charge in [-0.1, -0.05) is 0 Å². The Balaban J connectivity index is 2.38. The number of nitrogens with zero attached hydrogens (tertiary/aromatic N) is 1. The van der Waals surface area contributed by atoms with Gasteiger partial charge in [0.05, 0.1) is 0 Å². The molecule has 0 aromatic carbocycles. The molecule has 5 nitrogen and oxygen atoms in total. The molecule has 0 bridgehead atoms. The number of rotatable bonds is 5. The third kappa shape index (κ3) is 3.65. The summed E-state index contributed by atoms with van der Waals surface area (Å²) in [5.74, 6) is -0.992. The van der Waals surface area contributed by atoms with Crippen molar-refractivity contribution in [3.63, 3.8) is 0 Å². The lowest BCUT2D eigenvalue weighted by Crippen LogP contribution is -2.40. The highest BCUT2D eigenvalue weighted by atomic mass is 16.4. The summed E-state index contributed by atoms with van der Waals surface area (Å²) in [6.07, 6.45) is 3.48. The average molecular weight is 209 g/mol. The van der Waals surface area contributed by atoms with Gasteiger partial charge < -0.3 is 16.2 Å². The lowest BCUT2D eigenvalue weighted by atomic mass is 10.1. The fourth-order valence-electron chi connectivity index (χ4n) is 1.15. The van der Waals surface area contributed by atoms with Crippen LogP contribution < -0.4 is 11.1 Å². The minimum Gasteiger partial charge on any atom is -0.480 e. The number of nitrogens with one attached hydrogen (secondary N) is 1. The quantitative estimate of drug-likeness (QED) is 0.629. The average Bonchev–Trinajstić information content (AvgIpc) is 2.20. The van der Waals surface area contributed by atoms with Crippen LogP contribution in [0.4, 0.5) is 0 Å². The van der Waals surface area contributed by atoms with Crippen molar-refractivity contribution < 1.29 is 9.90 Å². The minimum atomic E-state index is -0.992. The number of aryl methyl sites for hydroxylation is 1. The van der Waals surface area contributed by atoms with Gasteiger partial charge in [-0.25, -0.2) is 0 Å². The SMILES string of the molecule is Cc1cnccc1CNCC(N)C(=O)O. The van der Waals surface area contributed by atoms with Crippen molar-refractivity contribution in [2.45, 2.75) is 19.5 Å². The summed E-state index contributed by atoms with van der Waals surface area (Å²) in [6, 6.07) is 1.04. The number of hydrogen-bond acceptors (Lipinski definition) is 4. The molecule has 0 saturated heterocycles. The number of nitrogens with two attached hydrogens (primary N) is 1. The summed E-state index contributed by atoms with van der Waals surface area (Å²) in [4.78, 5) is 14.4. The van der Waals surface area contributed by atoms with E-state index >= 15 is 0 Å². The van der Waals surface area contributed by atoms with E-state index in [1.54, 1.807) is 12.4 Å². The molecule has 1 unspecified atom stereocenters. The summed E-state index contributed by atoms with van der Waals surface area (Å²) in [5, 5.41) is 11.5. The van der Waals surface area contributed by atoms with Crippen molar-refractivity contribution in [3.8, 4) is 0 Å². The van der Waals surface area contributed by atoms with E-state index in [-0.39, 0.29) is 6.54 Å². The zero-order chi connectivity index (χ0) is 11.3. The standard InChI is InChI=1S/C10H15N3O2/c1-7-4-12-3-2-8(7)5-13-6-9(11)10(14)15/h2-4,9,13H,5-6,11H2,1H3,(H,14,15). The van der Waals surface area contributed by atoms with E-state index in [0.717, 1.165) is 11.1 Å². The molecule has 1 heterocycles. The lowest BCUT2D eigenvalue weighted by molar-refractivity contribution is -0.138. The highest BCUT2D eigenvalue weighted by molar-refractivity contribution is 5.73. The topological polar surface area (TPSA) is 88.2 Å². The fourth-order valence-corrected chi connectivity index (χ4v) is 1.15. The van der Waals surface area contributed by atoms with Gasteiger partial charge in [0.1, 0.15) is 6.04 Å². The number of aromatic nitrogens is 1. The third-order valence-corrected chi connectivity index (χ3v) is 2.13. The van der Waals surface area contributed by atoms with E-state index in [9.17, 15) is 4.79 Å². The summed E-state index contributed by atoms with van der Waals surface area (Å²) in [6.45, 7) is 2.83. The molecule has 1 aromatic heterocycles. The number of carbonyl (C=O) groups is 1. The Morgan fingerprint density at radius 3 is 3.07 bits per heavy atom. The van der Waals surface area contributed by atoms with Gasteiger partial charge in [-0.05, 0) is 24.1 Å². The molecule has 82 valence electrons. The van der Waals surface area contributed by atoms with Crippen LogP contribution in [-0.4, -0.2) is 28.6 Å². The van der Waals surface area contributed by atoms with Crippen molar-refractivity contribution in [1.29, 1.82) is 0 Å². The van der Waals surface area contributed by atoms with E-state index in [0.29, 0.717) is 6.54 Å². The number of aliphatic carboxylic acids is 1. The monoisotopic (exact) mass is 209 g/mol. The predicted molar refractivity (Wildman–Crippen MR) is 56.3 cm³/mol. The Hall–Kier alpha value is -1.46. The molecule has 15 heavy (non-hydrogen) atoms. The van der Waals surface area contributed by atoms with Gasteiger partial charge >= 0.3 is 5.97 Å². The van der Waals surface area contributed by atoms with Gasteiger partial charge in [0.15, 0.2) is 0 Å². The first-order chi connectivity index (χ1) is 7.11. The maximum absolute atomic E-state index is 10.4. The van der Waals surface area contributed by atoms with Crippen LogP contribution in [0.2, 0.25) is 0 Å². The van der Waals surface area contributed by atoms with Crippen LogP contribution in [0.25, 0.3) is 0 Å². The molecule has 0 aliphatic carbocycles. The Bertz CT molecular complexity index is 341. The van der Waals surface area contributed by atoms with Crippen LogP contribution in [0.3, 0.4) is 0 Å². The van der Waals surface area contributed by atoms with Crippen LogP contribution in [0.1, 0.15) is 11.1 Å². The van der Waals surface area contributed by atoms with E-state index < -0.39 is 12.0 Å². The second-order valence-corrected chi connectivity index (χ2v) is 3.38. The van der Waals surface area contributed by atoms with E-state index in [1.807, 2.05) is 13.0 Å². The van der Waals surface area contributed by atoms with Crippen molar-refractivity contribution in [2.75, 3.05) is 6.54 Å². The molecule has 5 heteroatoms. The zero-order valence-electron chi connectivity index (χ0n) is 8.60. The first-order valence-electron chi connectivity index (χ1n) is 4.70. The van der Waals surface area contributed by atoms with Crippen molar-refractivity contribution in [2.24, 2.45) is 5.73 Å². The van der Waals surface area contributed by atoms with Crippen LogP contribution >= 0.6 is 0 Å². The molecular weight excluding hydrogens is 194 g/mol. The van der Waals surface area contributed by atoms with Crippen LogP contribution in [0.5, 0.6) is 0 Å². The molecule has 0 aliphatic rings. The number of pyridine rings is 1. The highest BCUT2D eigenvalue weighted by Gasteiger charge is 2.10. The van der Waals surface area contributed by atoms with Gasteiger partial charge in [0, 0.05) is 25.5 Å². The first kappa shape index (κ1) is 11.6. The summed E-state index contributed by atoms with van der Waals surface area (Å²) in [7, 11) is 0. The van der Waals surface area contributed by atoms with E-state index in [1.165, 1.54) is 0 Å². The number of hydrogen-bond donors (Lipinski definition) is 3.